The summed E-state index contributed by atoms with van der Waals surface area (Å²) < 4.78 is 51.4. The second-order valence-corrected chi connectivity index (χ2v) is 11.5. The Balaban J connectivity index is 1.87. The molecule has 0 spiro atoms. The molecule has 12 nitrogen and oxygen atoms in total. The van der Waals surface area contributed by atoms with E-state index < -0.39 is 26.9 Å². The van der Waals surface area contributed by atoms with E-state index in [1.54, 1.807) is 48.1 Å². The number of hydrogen-bond acceptors (Lipinski definition) is 11. The minimum absolute atomic E-state index is 0.131. The Morgan fingerprint density at radius 2 is 1.55 bits per heavy atom. The molecule has 4 aromatic rings. The van der Waals surface area contributed by atoms with E-state index in [4.69, 9.17) is 18.9 Å². The van der Waals surface area contributed by atoms with Gasteiger partial charge in [-0.2, -0.15) is 0 Å². The van der Waals surface area contributed by atoms with Crippen molar-refractivity contribution in [2.45, 2.75) is 37.9 Å². The lowest BCUT2D eigenvalue weighted by Crippen LogP contribution is -2.30. The van der Waals surface area contributed by atoms with E-state index in [1.165, 1.54) is 28.4 Å². The van der Waals surface area contributed by atoms with Crippen molar-refractivity contribution in [3.05, 3.63) is 65.5 Å². The van der Waals surface area contributed by atoms with Crippen LogP contribution in [0.25, 0.3) is 17.2 Å². The Labute approximate surface area is 233 Å². The van der Waals surface area contributed by atoms with Gasteiger partial charge in [-0.1, -0.05) is 6.07 Å². The number of sulfone groups is 1. The van der Waals surface area contributed by atoms with Crippen LogP contribution in [0.4, 0.5) is 0 Å². The molecular weight excluding hydrogens is 536 g/mol. The van der Waals surface area contributed by atoms with Gasteiger partial charge in [0.15, 0.2) is 27.3 Å². The lowest BCUT2D eigenvalue weighted by atomic mass is 10.2. The molecular formula is C27H32N6O6S. The Kier molecular flexibility index (Phi) is 8.64. The topological polar surface area (TPSA) is 140 Å². The molecule has 40 heavy (non-hydrogen) atoms. The van der Waals surface area contributed by atoms with Gasteiger partial charge in [-0.05, 0) is 50.1 Å². The number of aromatic nitrogens is 6. The van der Waals surface area contributed by atoms with Gasteiger partial charge < -0.3 is 18.9 Å². The molecule has 3 heterocycles. The van der Waals surface area contributed by atoms with E-state index in [1.807, 2.05) is 19.9 Å². The van der Waals surface area contributed by atoms with Gasteiger partial charge in [-0.25, -0.2) is 23.4 Å². The molecule has 13 heteroatoms. The molecule has 3 aromatic heterocycles. The van der Waals surface area contributed by atoms with Gasteiger partial charge in [0.05, 0.1) is 26.6 Å². The predicted octanol–water partition coefficient (Wildman–Crippen LogP) is 3.45. The molecule has 212 valence electrons. The van der Waals surface area contributed by atoms with E-state index in [-0.39, 0.29) is 17.5 Å². The normalized spacial score (nSPS) is 13.1. The average molecular weight is 569 g/mol. The van der Waals surface area contributed by atoms with Crippen molar-refractivity contribution in [2.75, 3.05) is 28.4 Å². The van der Waals surface area contributed by atoms with Crippen LogP contribution in [0.2, 0.25) is 0 Å². The van der Waals surface area contributed by atoms with Crippen LogP contribution in [0.15, 0.2) is 42.7 Å². The highest BCUT2D eigenvalue weighted by Crippen LogP contribution is 2.37. The largest absolute Gasteiger partial charge is 0.494 e. The number of rotatable bonds is 11. The summed E-state index contributed by atoms with van der Waals surface area (Å²) in [5.74, 6) is 1.44. The fraction of sp³-hybridized carbons (Fsp3) is 0.370. The van der Waals surface area contributed by atoms with Gasteiger partial charge >= 0.3 is 0 Å². The van der Waals surface area contributed by atoms with Crippen molar-refractivity contribution in [3.8, 4) is 34.6 Å². The third-order valence-electron chi connectivity index (χ3n) is 6.37. The van der Waals surface area contributed by atoms with E-state index >= 15 is 0 Å². The first kappa shape index (κ1) is 28.9. The standard InChI is InChI=1S/C27H32N6O6S/c1-16-11-19(30-23(12-16)38-6)27-32-31-22(33(27)24-20(36-4)9-8-10-21(24)37-5)15-40(34,35)18(3)25(39-7)26-28-13-17(2)14-29-26/h8-14,18,25H,15H2,1-7H3/t18-,25-/m0/s1. The first-order valence-corrected chi connectivity index (χ1v) is 14.1. The van der Waals surface area contributed by atoms with Gasteiger partial charge in [0, 0.05) is 25.6 Å². The van der Waals surface area contributed by atoms with Crippen LogP contribution >= 0.6 is 0 Å². The molecule has 0 amide bonds. The van der Waals surface area contributed by atoms with Crippen molar-refractivity contribution < 1.29 is 27.4 Å². The highest BCUT2D eigenvalue weighted by atomic mass is 32.2. The third kappa shape index (κ3) is 5.75. The van der Waals surface area contributed by atoms with Crippen LogP contribution < -0.4 is 14.2 Å². The summed E-state index contributed by atoms with van der Waals surface area (Å²) in [7, 11) is 2.07. The molecule has 2 atom stereocenters. The number of pyridine rings is 1. The summed E-state index contributed by atoms with van der Waals surface area (Å²) in [6, 6.07) is 8.83. The Morgan fingerprint density at radius 3 is 2.12 bits per heavy atom. The van der Waals surface area contributed by atoms with Gasteiger partial charge in [0.1, 0.15) is 34.7 Å². The van der Waals surface area contributed by atoms with Gasteiger partial charge in [-0.15, -0.1) is 10.2 Å². The lowest BCUT2D eigenvalue weighted by molar-refractivity contribution is 0.0947. The number of benzene rings is 1. The summed E-state index contributed by atoms with van der Waals surface area (Å²) in [6.45, 7) is 5.30. The summed E-state index contributed by atoms with van der Waals surface area (Å²) >= 11 is 0. The summed E-state index contributed by atoms with van der Waals surface area (Å²) in [6.07, 6.45) is 2.34. The summed E-state index contributed by atoms with van der Waals surface area (Å²) in [5, 5.41) is 7.67. The molecule has 4 rings (SSSR count). The van der Waals surface area contributed by atoms with Crippen LogP contribution in [0, 0.1) is 13.8 Å². The molecule has 0 aliphatic heterocycles. The minimum atomic E-state index is -3.90. The smallest absolute Gasteiger partial charge is 0.213 e. The molecule has 0 radical (unpaired) electrons. The first-order valence-electron chi connectivity index (χ1n) is 12.3. The Bertz CT molecular complexity index is 1570. The van der Waals surface area contributed by atoms with Crippen molar-refractivity contribution >= 4 is 9.84 Å². The van der Waals surface area contributed by atoms with Crippen molar-refractivity contribution in [1.29, 1.82) is 0 Å². The molecule has 0 saturated heterocycles. The van der Waals surface area contributed by atoms with Gasteiger partial charge in [0.2, 0.25) is 5.88 Å². The van der Waals surface area contributed by atoms with E-state index in [0.29, 0.717) is 28.8 Å². The van der Waals surface area contributed by atoms with E-state index in [9.17, 15) is 8.42 Å². The third-order valence-corrected chi connectivity index (χ3v) is 8.41. The molecule has 0 unspecified atom stereocenters. The molecule has 0 fully saturated rings. The predicted molar refractivity (Wildman–Crippen MR) is 148 cm³/mol. The highest BCUT2D eigenvalue weighted by molar-refractivity contribution is 7.91. The maximum Gasteiger partial charge on any atom is 0.213 e. The molecule has 1 aromatic carbocycles. The van der Waals surface area contributed by atoms with Crippen LogP contribution in [-0.4, -0.2) is 71.8 Å². The summed E-state index contributed by atoms with van der Waals surface area (Å²) in [5.41, 5.74) is 2.57. The number of nitrogens with zero attached hydrogens (tertiary/aromatic N) is 6. The zero-order valence-corrected chi connectivity index (χ0v) is 24.3. The second-order valence-electron chi connectivity index (χ2n) is 9.15. The van der Waals surface area contributed by atoms with Crippen LogP contribution in [0.5, 0.6) is 17.4 Å². The second kappa shape index (κ2) is 12.0. The van der Waals surface area contributed by atoms with Crippen LogP contribution in [0.3, 0.4) is 0 Å². The summed E-state index contributed by atoms with van der Waals surface area (Å²) in [4.78, 5) is 13.1. The number of aryl methyl sites for hydroxylation is 2. The maximum atomic E-state index is 13.8. The SMILES string of the molecule is COc1cc(C)cc(-c2nnc(CS(=O)(=O)[C@@H](C)[C@H](OC)c3ncc(C)cn3)n2-c2c(OC)cccc2OC)n1. The zero-order valence-electron chi connectivity index (χ0n) is 23.4. The minimum Gasteiger partial charge on any atom is -0.494 e. The fourth-order valence-corrected chi connectivity index (χ4v) is 5.69. The van der Waals surface area contributed by atoms with Gasteiger partial charge in [0.25, 0.3) is 0 Å². The van der Waals surface area contributed by atoms with Crippen LogP contribution in [0.1, 0.15) is 35.8 Å². The highest BCUT2D eigenvalue weighted by Gasteiger charge is 2.35. The monoisotopic (exact) mass is 568 g/mol. The van der Waals surface area contributed by atoms with Crippen LogP contribution in [-0.2, 0) is 20.3 Å². The van der Waals surface area contributed by atoms with E-state index in [2.05, 4.69) is 25.1 Å². The average Bonchev–Trinajstić information content (AvgIpc) is 3.35. The number of methoxy groups -OCH3 is 4. The van der Waals surface area contributed by atoms with Crippen molar-refractivity contribution in [2.24, 2.45) is 0 Å². The van der Waals surface area contributed by atoms with E-state index in [0.717, 1.165) is 11.1 Å². The maximum absolute atomic E-state index is 13.8. The first-order chi connectivity index (χ1) is 19.1. The molecule has 0 aliphatic rings. The zero-order chi connectivity index (χ0) is 29.0. The Morgan fingerprint density at radius 1 is 0.900 bits per heavy atom. The number of para-hydroxylation sites is 1. The number of ether oxygens (including phenoxy) is 4. The fourth-order valence-electron chi connectivity index (χ4n) is 4.27. The lowest BCUT2D eigenvalue weighted by Gasteiger charge is -2.22. The quantitative estimate of drug-likeness (QED) is 0.263. The van der Waals surface area contributed by atoms with Crippen molar-refractivity contribution in [1.82, 2.24) is 29.7 Å². The molecule has 0 aliphatic carbocycles. The molecule has 0 bridgehead atoms. The molecule has 0 N–H and O–H groups in total. The number of hydrogen-bond donors (Lipinski definition) is 0. The van der Waals surface area contributed by atoms with Gasteiger partial charge in [-0.3, -0.25) is 4.57 Å². The molecule has 0 saturated carbocycles. The Hall–Kier alpha value is -4.10. The van der Waals surface area contributed by atoms with Crippen molar-refractivity contribution in [3.63, 3.8) is 0 Å².